The highest BCUT2D eigenvalue weighted by Crippen LogP contribution is 2.28. The van der Waals surface area contributed by atoms with Crippen LogP contribution in [0.3, 0.4) is 0 Å². The Morgan fingerprint density at radius 3 is 2.62 bits per heavy atom. The van der Waals surface area contributed by atoms with E-state index in [9.17, 15) is 12.8 Å². The fraction of sp³-hybridized carbons (Fsp3) is 0.625. The summed E-state index contributed by atoms with van der Waals surface area (Å²) in [5.74, 6) is 0.879. The number of hydrogen-bond donors (Lipinski definition) is 1. The number of halogens is 1. The average molecular weight is 313 g/mol. The number of hydrogen-bond acceptors (Lipinski definition) is 3. The van der Waals surface area contributed by atoms with E-state index in [1.54, 1.807) is 12.1 Å². The first-order chi connectivity index (χ1) is 10.00. The van der Waals surface area contributed by atoms with Gasteiger partial charge in [-0.1, -0.05) is 19.1 Å². The summed E-state index contributed by atoms with van der Waals surface area (Å²) in [6.07, 6.45) is 2.62. The predicted octanol–water partition coefficient (Wildman–Crippen LogP) is 2.42. The molecule has 0 aliphatic carbocycles. The average Bonchev–Trinajstić information content (AvgIpc) is 2.80. The van der Waals surface area contributed by atoms with Crippen LogP contribution in [-0.2, 0) is 16.3 Å². The van der Waals surface area contributed by atoms with Crippen molar-refractivity contribution >= 4 is 9.84 Å². The molecular formula is C16H24FNO2S. The summed E-state index contributed by atoms with van der Waals surface area (Å²) < 4.78 is 36.4. The first kappa shape index (κ1) is 16.4. The van der Waals surface area contributed by atoms with E-state index in [0.29, 0.717) is 17.4 Å². The number of benzene rings is 1. The number of rotatable bonds is 7. The molecule has 2 atom stereocenters. The summed E-state index contributed by atoms with van der Waals surface area (Å²) in [6, 6.07) is 6.53. The zero-order valence-corrected chi connectivity index (χ0v) is 13.3. The second kappa shape index (κ2) is 7.36. The Labute approximate surface area is 126 Å². The third kappa shape index (κ3) is 5.08. The van der Waals surface area contributed by atoms with Crippen LogP contribution in [0.25, 0.3) is 0 Å². The quantitative estimate of drug-likeness (QED) is 0.786. The number of sulfone groups is 1. The van der Waals surface area contributed by atoms with Crippen LogP contribution in [0.4, 0.5) is 4.39 Å². The van der Waals surface area contributed by atoms with E-state index in [-0.39, 0.29) is 11.7 Å². The van der Waals surface area contributed by atoms with Gasteiger partial charge in [0.15, 0.2) is 9.84 Å². The van der Waals surface area contributed by atoms with Crippen LogP contribution in [0.5, 0.6) is 0 Å². The maximum Gasteiger partial charge on any atom is 0.150 e. The zero-order valence-electron chi connectivity index (χ0n) is 12.5. The van der Waals surface area contributed by atoms with Gasteiger partial charge in [0.25, 0.3) is 0 Å². The third-order valence-electron chi connectivity index (χ3n) is 4.18. The van der Waals surface area contributed by atoms with E-state index < -0.39 is 9.84 Å². The molecule has 5 heteroatoms. The molecule has 1 aliphatic heterocycles. The van der Waals surface area contributed by atoms with Gasteiger partial charge in [0.2, 0.25) is 0 Å². The van der Waals surface area contributed by atoms with Crippen molar-refractivity contribution in [3.8, 4) is 0 Å². The lowest BCUT2D eigenvalue weighted by Gasteiger charge is -2.23. The van der Waals surface area contributed by atoms with Crippen molar-refractivity contribution in [3.63, 3.8) is 0 Å². The molecule has 1 fully saturated rings. The fourth-order valence-electron chi connectivity index (χ4n) is 2.99. The van der Waals surface area contributed by atoms with Crippen molar-refractivity contribution in [1.29, 1.82) is 0 Å². The molecule has 0 spiro atoms. The van der Waals surface area contributed by atoms with Crippen LogP contribution in [0, 0.1) is 17.7 Å². The van der Waals surface area contributed by atoms with Crippen molar-refractivity contribution in [2.45, 2.75) is 26.2 Å². The SMILES string of the molecule is CCCNCC(Cc1ccc(F)cc1)C1CCS(=O)(=O)C1. The van der Waals surface area contributed by atoms with Gasteiger partial charge in [-0.15, -0.1) is 0 Å². The standard InChI is InChI=1S/C16H24FNO2S/c1-2-8-18-11-15(14-7-9-21(19,20)12-14)10-13-3-5-16(17)6-4-13/h3-6,14-15,18H,2,7-12H2,1H3. The molecule has 2 rings (SSSR count). The lowest BCUT2D eigenvalue weighted by molar-refractivity contribution is 0.343. The van der Waals surface area contributed by atoms with Gasteiger partial charge in [0, 0.05) is 0 Å². The molecule has 0 aromatic heterocycles. The summed E-state index contributed by atoms with van der Waals surface area (Å²) in [7, 11) is -2.86. The highest BCUT2D eigenvalue weighted by molar-refractivity contribution is 7.91. The highest BCUT2D eigenvalue weighted by Gasteiger charge is 2.33. The molecule has 2 unspecified atom stereocenters. The summed E-state index contributed by atoms with van der Waals surface area (Å²) in [5, 5.41) is 3.40. The first-order valence-electron chi connectivity index (χ1n) is 7.66. The van der Waals surface area contributed by atoms with Gasteiger partial charge in [0.05, 0.1) is 11.5 Å². The maximum atomic E-state index is 13.0. The molecule has 3 nitrogen and oxygen atoms in total. The van der Waals surface area contributed by atoms with E-state index in [0.717, 1.165) is 37.9 Å². The van der Waals surface area contributed by atoms with Crippen LogP contribution in [-0.4, -0.2) is 33.0 Å². The van der Waals surface area contributed by atoms with Gasteiger partial charge in [0.1, 0.15) is 5.82 Å². The van der Waals surface area contributed by atoms with Crippen LogP contribution in [0.2, 0.25) is 0 Å². The molecule has 1 aromatic carbocycles. The second-order valence-corrected chi connectivity index (χ2v) is 8.19. The summed E-state index contributed by atoms with van der Waals surface area (Å²) in [4.78, 5) is 0. The Morgan fingerprint density at radius 1 is 1.33 bits per heavy atom. The van der Waals surface area contributed by atoms with E-state index in [4.69, 9.17) is 0 Å². The van der Waals surface area contributed by atoms with Gasteiger partial charge in [-0.3, -0.25) is 0 Å². The van der Waals surface area contributed by atoms with E-state index in [1.807, 2.05) is 0 Å². The molecule has 1 aliphatic rings. The molecule has 118 valence electrons. The van der Waals surface area contributed by atoms with Gasteiger partial charge < -0.3 is 5.32 Å². The molecule has 21 heavy (non-hydrogen) atoms. The Kier molecular flexibility index (Phi) is 5.76. The molecule has 1 N–H and O–H groups in total. The molecule has 1 saturated heterocycles. The molecule has 0 bridgehead atoms. The lowest BCUT2D eigenvalue weighted by Crippen LogP contribution is -2.31. The normalized spacial score (nSPS) is 22.3. The minimum absolute atomic E-state index is 0.212. The monoisotopic (exact) mass is 313 g/mol. The summed E-state index contributed by atoms with van der Waals surface area (Å²) >= 11 is 0. The molecule has 1 heterocycles. The van der Waals surface area contributed by atoms with Crippen LogP contribution in [0.15, 0.2) is 24.3 Å². The van der Waals surface area contributed by atoms with Crippen LogP contribution in [0.1, 0.15) is 25.3 Å². The van der Waals surface area contributed by atoms with Crippen molar-refractivity contribution in [2.75, 3.05) is 24.6 Å². The molecule has 0 amide bonds. The predicted molar refractivity (Wildman–Crippen MR) is 83.5 cm³/mol. The lowest BCUT2D eigenvalue weighted by atomic mass is 9.86. The number of nitrogens with one attached hydrogen (secondary N) is 1. The Bertz CT molecular complexity index is 542. The molecule has 1 aromatic rings. The van der Waals surface area contributed by atoms with Crippen molar-refractivity contribution in [3.05, 3.63) is 35.6 Å². The Morgan fingerprint density at radius 2 is 2.05 bits per heavy atom. The molecular weight excluding hydrogens is 289 g/mol. The Hall–Kier alpha value is -0.940. The first-order valence-corrected chi connectivity index (χ1v) is 9.48. The van der Waals surface area contributed by atoms with Crippen molar-refractivity contribution in [1.82, 2.24) is 5.32 Å². The van der Waals surface area contributed by atoms with Gasteiger partial charge >= 0.3 is 0 Å². The minimum atomic E-state index is -2.86. The van der Waals surface area contributed by atoms with Gasteiger partial charge in [-0.25, -0.2) is 12.8 Å². The third-order valence-corrected chi connectivity index (χ3v) is 5.97. The summed E-state index contributed by atoms with van der Waals surface area (Å²) in [6.45, 7) is 3.88. The van der Waals surface area contributed by atoms with Crippen LogP contribution >= 0.6 is 0 Å². The van der Waals surface area contributed by atoms with E-state index in [1.165, 1.54) is 12.1 Å². The molecule has 0 saturated carbocycles. The topological polar surface area (TPSA) is 46.2 Å². The highest BCUT2D eigenvalue weighted by atomic mass is 32.2. The smallest absolute Gasteiger partial charge is 0.150 e. The van der Waals surface area contributed by atoms with Gasteiger partial charge in [-0.2, -0.15) is 0 Å². The van der Waals surface area contributed by atoms with Crippen LogP contribution < -0.4 is 5.32 Å². The van der Waals surface area contributed by atoms with E-state index >= 15 is 0 Å². The Balaban J connectivity index is 2.03. The van der Waals surface area contributed by atoms with Gasteiger partial charge in [-0.05, 0) is 61.9 Å². The second-order valence-electron chi connectivity index (χ2n) is 5.96. The molecule has 0 radical (unpaired) electrons. The zero-order chi connectivity index (χ0) is 15.3. The van der Waals surface area contributed by atoms with Crippen molar-refractivity contribution < 1.29 is 12.8 Å². The largest absolute Gasteiger partial charge is 0.316 e. The van der Waals surface area contributed by atoms with Crippen molar-refractivity contribution in [2.24, 2.45) is 11.8 Å². The summed E-state index contributed by atoms with van der Waals surface area (Å²) in [5.41, 5.74) is 1.07. The fourth-order valence-corrected chi connectivity index (χ4v) is 4.91. The minimum Gasteiger partial charge on any atom is -0.316 e. The van der Waals surface area contributed by atoms with E-state index in [2.05, 4.69) is 12.2 Å². The maximum absolute atomic E-state index is 13.0.